The van der Waals surface area contributed by atoms with Gasteiger partial charge in [0, 0.05) is 23.8 Å². The first kappa shape index (κ1) is 24.2. The first-order valence-corrected chi connectivity index (χ1v) is 12.7. The third-order valence-electron chi connectivity index (χ3n) is 6.32. The van der Waals surface area contributed by atoms with Crippen LogP contribution in [0.25, 0.3) is 17.2 Å². The molecule has 0 spiro atoms. The Morgan fingerprint density at radius 2 is 1.94 bits per heavy atom. The standard InChI is InChI=1S/C26H26FN5O3S/c27-19-12-16(11-18(13-19)17-7-10-35-15-17)5-8-28-20-1-3-21(4-2-20)30-25-29-9-6-22(31-25)14-23-24(33)32-26(34)36-23/h6-7,9-15,20-21,28H,1-5,8H2,(H,29,30,31)(H,32,33,34)/b23-14-. The fourth-order valence-electron chi connectivity index (χ4n) is 4.51. The van der Waals surface area contributed by atoms with Crippen LogP contribution in [-0.2, 0) is 11.2 Å². The second-order valence-corrected chi connectivity index (χ2v) is 9.93. The zero-order chi connectivity index (χ0) is 24.9. The maximum absolute atomic E-state index is 14.1. The first-order valence-electron chi connectivity index (χ1n) is 11.9. The molecule has 3 aromatic rings. The Morgan fingerprint density at radius 3 is 2.69 bits per heavy atom. The third kappa shape index (κ3) is 6.19. The van der Waals surface area contributed by atoms with Crippen molar-refractivity contribution in [3.05, 3.63) is 71.0 Å². The Hall–Kier alpha value is -3.50. The number of nitrogens with one attached hydrogen (secondary N) is 3. The molecule has 2 amide bonds. The second-order valence-electron chi connectivity index (χ2n) is 8.91. The molecule has 2 fully saturated rings. The lowest BCUT2D eigenvalue weighted by Gasteiger charge is -2.29. The summed E-state index contributed by atoms with van der Waals surface area (Å²) in [6.45, 7) is 0.783. The largest absolute Gasteiger partial charge is 0.472 e. The predicted molar refractivity (Wildman–Crippen MR) is 137 cm³/mol. The summed E-state index contributed by atoms with van der Waals surface area (Å²) < 4.78 is 19.2. The fraction of sp³-hybridized carbons (Fsp3) is 0.308. The van der Waals surface area contributed by atoms with Crippen LogP contribution in [0.5, 0.6) is 0 Å². The number of imide groups is 1. The van der Waals surface area contributed by atoms with Crippen molar-refractivity contribution in [1.29, 1.82) is 0 Å². The summed E-state index contributed by atoms with van der Waals surface area (Å²) in [5, 5.41) is 8.86. The van der Waals surface area contributed by atoms with Crippen molar-refractivity contribution < 1.29 is 18.4 Å². The average Bonchev–Trinajstić information content (AvgIpc) is 3.50. The van der Waals surface area contributed by atoms with Crippen molar-refractivity contribution in [1.82, 2.24) is 20.6 Å². The second kappa shape index (κ2) is 11.0. The fourth-order valence-corrected chi connectivity index (χ4v) is 5.18. The zero-order valence-corrected chi connectivity index (χ0v) is 20.3. The highest BCUT2D eigenvalue weighted by Crippen LogP contribution is 2.26. The Morgan fingerprint density at radius 1 is 1.11 bits per heavy atom. The minimum absolute atomic E-state index is 0.239. The number of halogens is 1. The van der Waals surface area contributed by atoms with Gasteiger partial charge in [-0.05, 0) is 91.9 Å². The molecular weight excluding hydrogens is 481 g/mol. The van der Waals surface area contributed by atoms with E-state index in [1.807, 2.05) is 12.1 Å². The molecule has 186 valence electrons. The number of hydrogen-bond donors (Lipinski definition) is 3. The van der Waals surface area contributed by atoms with Gasteiger partial charge in [-0.25, -0.2) is 14.4 Å². The molecule has 0 unspecified atom stereocenters. The van der Waals surface area contributed by atoms with Gasteiger partial charge in [0.2, 0.25) is 5.95 Å². The number of benzene rings is 1. The molecule has 0 atom stereocenters. The van der Waals surface area contributed by atoms with E-state index in [1.54, 1.807) is 36.9 Å². The molecule has 1 aliphatic carbocycles. The molecule has 10 heteroatoms. The van der Waals surface area contributed by atoms with Crippen LogP contribution in [0.3, 0.4) is 0 Å². The van der Waals surface area contributed by atoms with Gasteiger partial charge in [0.05, 0.1) is 23.1 Å². The van der Waals surface area contributed by atoms with E-state index in [2.05, 4.69) is 25.9 Å². The molecule has 1 saturated carbocycles. The molecule has 2 aliphatic rings. The van der Waals surface area contributed by atoms with Gasteiger partial charge in [-0.3, -0.25) is 14.9 Å². The molecule has 0 radical (unpaired) electrons. The number of carbonyl (C=O) groups excluding carboxylic acids is 2. The summed E-state index contributed by atoms with van der Waals surface area (Å²) in [5.41, 5.74) is 3.23. The summed E-state index contributed by atoms with van der Waals surface area (Å²) >= 11 is 0.867. The number of furan rings is 1. The lowest BCUT2D eigenvalue weighted by atomic mass is 9.91. The topological polar surface area (TPSA) is 109 Å². The van der Waals surface area contributed by atoms with E-state index in [4.69, 9.17) is 4.42 Å². The van der Waals surface area contributed by atoms with Gasteiger partial charge < -0.3 is 15.1 Å². The number of anilines is 1. The Kier molecular flexibility index (Phi) is 7.43. The van der Waals surface area contributed by atoms with Crippen molar-refractivity contribution in [2.75, 3.05) is 11.9 Å². The van der Waals surface area contributed by atoms with Crippen molar-refractivity contribution >= 4 is 34.9 Å². The number of carbonyl (C=O) groups is 2. The minimum atomic E-state index is -0.403. The van der Waals surface area contributed by atoms with E-state index in [1.165, 1.54) is 6.07 Å². The zero-order valence-electron chi connectivity index (χ0n) is 19.5. The molecule has 3 N–H and O–H groups in total. The highest BCUT2D eigenvalue weighted by atomic mass is 32.2. The Bertz CT molecular complexity index is 1270. The molecular formula is C26H26FN5O3S. The van der Waals surface area contributed by atoms with E-state index in [9.17, 15) is 14.0 Å². The van der Waals surface area contributed by atoms with Crippen molar-refractivity contribution in [3.63, 3.8) is 0 Å². The van der Waals surface area contributed by atoms with Crippen molar-refractivity contribution in [2.45, 2.75) is 44.2 Å². The average molecular weight is 508 g/mol. The van der Waals surface area contributed by atoms with Crippen LogP contribution in [0.15, 0.2) is 58.4 Å². The normalized spacial score (nSPS) is 21.1. The Labute approximate surface area is 212 Å². The number of thioether (sulfide) groups is 1. The summed E-state index contributed by atoms with van der Waals surface area (Å²) in [6, 6.07) is 9.33. The summed E-state index contributed by atoms with van der Waals surface area (Å²) in [4.78, 5) is 32.2. The predicted octanol–water partition coefficient (Wildman–Crippen LogP) is 4.76. The first-order chi connectivity index (χ1) is 17.5. The van der Waals surface area contributed by atoms with E-state index < -0.39 is 5.91 Å². The summed E-state index contributed by atoms with van der Waals surface area (Å²) in [7, 11) is 0. The molecule has 2 aromatic heterocycles. The minimum Gasteiger partial charge on any atom is -0.472 e. The number of aromatic nitrogens is 2. The van der Waals surface area contributed by atoms with Gasteiger partial charge in [-0.2, -0.15) is 0 Å². The molecule has 8 nitrogen and oxygen atoms in total. The number of amides is 2. The lowest BCUT2D eigenvalue weighted by Crippen LogP contribution is -2.38. The SMILES string of the molecule is O=C1NC(=O)/C(=C/c2ccnc(NC3CCC(NCCc4cc(F)cc(-c5ccoc5)c4)CC3)n2)S1. The summed E-state index contributed by atoms with van der Waals surface area (Å²) in [5.74, 6) is -0.133. The van der Waals surface area contributed by atoms with Crippen molar-refractivity contribution in [2.24, 2.45) is 0 Å². The highest BCUT2D eigenvalue weighted by Gasteiger charge is 2.25. The maximum atomic E-state index is 14.1. The third-order valence-corrected chi connectivity index (χ3v) is 7.13. The van der Waals surface area contributed by atoms with Gasteiger partial charge in [-0.1, -0.05) is 6.07 Å². The van der Waals surface area contributed by atoms with Crippen LogP contribution in [0.4, 0.5) is 15.1 Å². The number of hydrogen-bond acceptors (Lipinski definition) is 8. The van der Waals surface area contributed by atoms with Crippen LogP contribution < -0.4 is 16.0 Å². The highest BCUT2D eigenvalue weighted by molar-refractivity contribution is 8.18. The van der Waals surface area contributed by atoms with Crippen LogP contribution in [-0.4, -0.2) is 39.7 Å². The Balaban J connectivity index is 1.08. The molecule has 1 aliphatic heterocycles. The quantitative estimate of drug-likeness (QED) is 0.375. The van der Waals surface area contributed by atoms with Crippen LogP contribution in [0.1, 0.15) is 36.9 Å². The van der Waals surface area contributed by atoms with E-state index >= 15 is 0 Å². The monoisotopic (exact) mass is 507 g/mol. The van der Waals surface area contributed by atoms with Gasteiger partial charge in [-0.15, -0.1) is 0 Å². The van der Waals surface area contributed by atoms with Gasteiger partial charge in [0.1, 0.15) is 5.82 Å². The smallest absolute Gasteiger partial charge is 0.290 e. The molecule has 5 rings (SSSR count). The van der Waals surface area contributed by atoms with E-state index in [-0.39, 0.29) is 17.1 Å². The summed E-state index contributed by atoms with van der Waals surface area (Å²) in [6.07, 6.45) is 11.2. The van der Waals surface area contributed by atoms with E-state index in [0.717, 1.165) is 67.1 Å². The lowest BCUT2D eigenvalue weighted by molar-refractivity contribution is -0.115. The van der Waals surface area contributed by atoms with E-state index in [0.29, 0.717) is 22.6 Å². The molecule has 1 saturated heterocycles. The molecule has 0 bridgehead atoms. The van der Waals surface area contributed by atoms with Crippen LogP contribution >= 0.6 is 11.8 Å². The number of nitrogens with zero attached hydrogens (tertiary/aromatic N) is 2. The van der Waals surface area contributed by atoms with Crippen molar-refractivity contribution in [3.8, 4) is 11.1 Å². The number of rotatable bonds is 8. The van der Waals surface area contributed by atoms with Crippen LogP contribution in [0.2, 0.25) is 0 Å². The molecule has 3 heterocycles. The van der Waals surface area contributed by atoms with Gasteiger partial charge in [0.25, 0.3) is 11.1 Å². The van der Waals surface area contributed by atoms with Gasteiger partial charge >= 0.3 is 0 Å². The maximum Gasteiger partial charge on any atom is 0.290 e. The van der Waals surface area contributed by atoms with Crippen LogP contribution in [0, 0.1) is 5.82 Å². The molecule has 1 aromatic carbocycles. The van der Waals surface area contributed by atoms with Gasteiger partial charge in [0.15, 0.2) is 0 Å². The molecule has 36 heavy (non-hydrogen) atoms.